The summed E-state index contributed by atoms with van der Waals surface area (Å²) in [6.45, 7) is 3.02. The molecule has 1 aromatic carbocycles. The molecule has 0 bridgehead atoms. The Morgan fingerprint density at radius 1 is 1.04 bits per heavy atom. The first-order chi connectivity index (χ1) is 12.3. The van der Waals surface area contributed by atoms with Crippen LogP contribution in [0.15, 0.2) is 42.6 Å². The Labute approximate surface area is 148 Å². The molecule has 1 atom stereocenters. The van der Waals surface area contributed by atoms with Crippen molar-refractivity contribution < 1.29 is 9.53 Å². The molecule has 0 spiro atoms. The number of carbonyl (C=O) groups is 1. The fourth-order valence-electron chi connectivity index (χ4n) is 4.02. The lowest BCUT2D eigenvalue weighted by Crippen LogP contribution is -2.50. The van der Waals surface area contributed by atoms with Gasteiger partial charge in [0.05, 0.1) is 18.8 Å². The number of nitrogens with zero attached hydrogens (tertiary/aromatic N) is 3. The van der Waals surface area contributed by atoms with E-state index in [1.54, 1.807) is 4.90 Å². The minimum absolute atomic E-state index is 0.162. The summed E-state index contributed by atoms with van der Waals surface area (Å²) in [6, 6.07) is 13.1. The molecule has 2 aromatic rings. The van der Waals surface area contributed by atoms with Crippen molar-refractivity contribution in [3.63, 3.8) is 0 Å². The molecular formula is C20H23N3O2. The number of hydrogen-bond donors (Lipinski definition) is 0. The highest BCUT2D eigenvalue weighted by Gasteiger charge is 2.32. The van der Waals surface area contributed by atoms with Crippen molar-refractivity contribution in [3.8, 4) is 0 Å². The highest BCUT2D eigenvalue weighted by Crippen LogP contribution is 2.35. The van der Waals surface area contributed by atoms with Crippen LogP contribution in [-0.2, 0) is 17.6 Å². The minimum atomic E-state index is -0.237. The van der Waals surface area contributed by atoms with Crippen LogP contribution in [0.3, 0.4) is 0 Å². The molecular weight excluding hydrogens is 314 g/mol. The Hall–Kier alpha value is -2.40. The van der Waals surface area contributed by atoms with Crippen molar-refractivity contribution >= 4 is 6.09 Å². The number of piperazine rings is 1. The Bertz CT molecular complexity index is 722. The van der Waals surface area contributed by atoms with Crippen LogP contribution in [0.25, 0.3) is 0 Å². The van der Waals surface area contributed by atoms with Crippen LogP contribution < -0.4 is 0 Å². The smallest absolute Gasteiger partial charge is 0.409 e. The predicted octanol–water partition coefficient (Wildman–Crippen LogP) is 2.65. The number of fused-ring (bicyclic) bond motifs is 2. The number of ether oxygens (including phenoxy) is 1. The fourth-order valence-corrected chi connectivity index (χ4v) is 4.02. The van der Waals surface area contributed by atoms with Crippen LogP contribution in [0.1, 0.15) is 28.4 Å². The quantitative estimate of drug-likeness (QED) is 0.803. The summed E-state index contributed by atoms with van der Waals surface area (Å²) in [4.78, 5) is 20.8. The molecule has 1 aliphatic carbocycles. The monoisotopic (exact) mass is 337 g/mol. The molecule has 0 N–H and O–H groups in total. The zero-order valence-electron chi connectivity index (χ0n) is 14.5. The van der Waals surface area contributed by atoms with E-state index >= 15 is 0 Å². The second-order valence-corrected chi connectivity index (χ2v) is 6.64. The Morgan fingerprint density at radius 2 is 1.76 bits per heavy atom. The van der Waals surface area contributed by atoms with E-state index in [-0.39, 0.29) is 12.1 Å². The van der Waals surface area contributed by atoms with E-state index in [4.69, 9.17) is 9.72 Å². The maximum absolute atomic E-state index is 11.8. The van der Waals surface area contributed by atoms with Crippen LogP contribution in [0, 0.1) is 0 Å². The average Bonchev–Trinajstić information content (AvgIpc) is 2.84. The van der Waals surface area contributed by atoms with Gasteiger partial charge in [0.1, 0.15) is 0 Å². The number of hydrogen-bond acceptors (Lipinski definition) is 4. The third-order valence-electron chi connectivity index (χ3n) is 5.31. The van der Waals surface area contributed by atoms with Crippen molar-refractivity contribution in [2.45, 2.75) is 18.9 Å². The van der Waals surface area contributed by atoms with E-state index < -0.39 is 0 Å². The van der Waals surface area contributed by atoms with Crippen molar-refractivity contribution in [1.29, 1.82) is 0 Å². The number of aryl methyl sites for hydroxylation is 2. The number of aromatic nitrogens is 1. The molecule has 0 radical (unpaired) electrons. The molecule has 25 heavy (non-hydrogen) atoms. The van der Waals surface area contributed by atoms with Crippen LogP contribution in [0.5, 0.6) is 0 Å². The maximum Gasteiger partial charge on any atom is 0.409 e. The third kappa shape index (κ3) is 3.00. The first kappa shape index (κ1) is 16.1. The zero-order valence-corrected chi connectivity index (χ0v) is 14.5. The average molecular weight is 337 g/mol. The molecule has 2 aliphatic rings. The summed E-state index contributed by atoms with van der Waals surface area (Å²) >= 11 is 0. The highest BCUT2D eigenvalue weighted by molar-refractivity contribution is 5.67. The lowest BCUT2D eigenvalue weighted by molar-refractivity contribution is 0.0805. The van der Waals surface area contributed by atoms with E-state index in [9.17, 15) is 4.79 Å². The van der Waals surface area contributed by atoms with Gasteiger partial charge < -0.3 is 9.64 Å². The Morgan fingerprint density at radius 3 is 2.56 bits per heavy atom. The Kier molecular flexibility index (Phi) is 4.40. The van der Waals surface area contributed by atoms with Crippen LogP contribution in [0.2, 0.25) is 0 Å². The summed E-state index contributed by atoms with van der Waals surface area (Å²) in [5.41, 5.74) is 5.26. The van der Waals surface area contributed by atoms with Gasteiger partial charge in [-0.1, -0.05) is 30.3 Å². The molecule has 5 nitrogen and oxygen atoms in total. The molecule has 5 heteroatoms. The largest absolute Gasteiger partial charge is 0.453 e. The first-order valence-electron chi connectivity index (χ1n) is 8.86. The predicted molar refractivity (Wildman–Crippen MR) is 95.5 cm³/mol. The molecule has 1 amide bonds. The third-order valence-corrected chi connectivity index (χ3v) is 5.31. The molecule has 1 aliphatic heterocycles. The van der Waals surface area contributed by atoms with E-state index in [0.717, 1.165) is 25.9 Å². The zero-order chi connectivity index (χ0) is 17.2. The van der Waals surface area contributed by atoms with Crippen molar-refractivity contribution in [2.24, 2.45) is 0 Å². The number of pyridine rings is 1. The van der Waals surface area contributed by atoms with Crippen LogP contribution in [-0.4, -0.2) is 54.2 Å². The van der Waals surface area contributed by atoms with Gasteiger partial charge in [-0.2, -0.15) is 0 Å². The second-order valence-electron chi connectivity index (χ2n) is 6.64. The summed E-state index contributed by atoms with van der Waals surface area (Å²) in [7, 11) is 1.44. The van der Waals surface area contributed by atoms with Gasteiger partial charge in [0, 0.05) is 32.4 Å². The van der Waals surface area contributed by atoms with E-state index in [2.05, 4.69) is 35.2 Å². The standard InChI is InChI=1S/C20H23N3O2/c1-25-20(24)23-13-11-22(12-14-23)19-17-7-3-2-5-15(17)8-9-16-6-4-10-21-18(16)19/h2-7,10,19H,8-9,11-14H2,1H3. The second kappa shape index (κ2) is 6.84. The number of amides is 1. The molecule has 1 unspecified atom stereocenters. The van der Waals surface area contributed by atoms with Crippen LogP contribution in [0.4, 0.5) is 4.79 Å². The van der Waals surface area contributed by atoms with Gasteiger partial charge in [-0.25, -0.2) is 4.79 Å². The Balaban J connectivity index is 1.68. The molecule has 1 aromatic heterocycles. The topological polar surface area (TPSA) is 45.7 Å². The molecule has 4 rings (SSSR count). The van der Waals surface area contributed by atoms with Gasteiger partial charge in [-0.05, 0) is 35.6 Å². The normalized spacial score (nSPS) is 20.4. The number of rotatable bonds is 1. The number of methoxy groups -OCH3 is 1. The van der Waals surface area contributed by atoms with E-state index in [1.165, 1.54) is 29.5 Å². The molecule has 130 valence electrons. The lowest BCUT2D eigenvalue weighted by atomic mass is 9.96. The number of carbonyl (C=O) groups excluding carboxylic acids is 1. The summed E-state index contributed by atoms with van der Waals surface area (Å²) in [5.74, 6) is 0. The van der Waals surface area contributed by atoms with Gasteiger partial charge in [0.15, 0.2) is 0 Å². The van der Waals surface area contributed by atoms with Gasteiger partial charge in [0.2, 0.25) is 0 Å². The lowest BCUT2D eigenvalue weighted by Gasteiger charge is -2.39. The van der Waals surface area contributed by atoms with Crippen LogP contribution >= 0.6 is 0 Å². The summed E-state index contributed by atoms with van der Waals surface area (Å²) < 4.78 is 4.86. The van der Waals surface area contributed by atoms with E-state index in [1.807, 2.05) is 12.3 Å². The number of benzene rings is 1. The summed E-state index contributed by atoms with van der Waals surface area (Å²) in [6.07, 6.45) is 3.73. The van der Waals surface area contributed by atoms with Gasteiger partial charge >= 0.3 is 6.09 Å². The van der Waals surface area contributed by atoms with Crippen molar-refractivity contribution in [3.05, 3.63) is 65.0 Å². The highest BCUT2D eigenvalue weighted by atomic mass is 16.5. The van der Waals surface area contributed by atoms with Crippen molar-refractivity contribution in [2.75, 3.05) is 33.3 Å². The minimum Gasteiger partial charge on any atom is -0.453 e. The van der Waals surface area contributed by atoms with Gasteiger partial charge in [0.25, 0.3) is 0 Å². The van der Waals surface area contributed by atoms with E-state index in [0.29, 0.717) is 13.1 Å². The summed E-state index contributed by atoms with van der Waals surface area (Å²) in [5, 5.41) is 0. The van der Waals surface area contributed by atoms with Gasteiger partial charge in [-0.15, -0.1) is 0 Å². The maximum atomic E-state index is 11.8. The fraction of sp³-hybridized carbons (Fsp3) is 0.400. The molecule has 2 heterocycles. The first-order valence-corrected chi connectivity index (χ1v) is 8.86. The molecule has 1 saturated heterocycles. The van der Waals surface area contributed by atoms with Gasteiger partial charge in [-0.3, -0.25) is 9.88 Å². The van der Waals surface area contributed by atoms with Crippen molar-refractivity contribution in [1.82, 2.24) is 14.8 Å². The molecule has 1 fully saturated rings. The SMILES string of the molecule is COC(=O)N1CCN(C2c3ccccc3CCc3cccnc32)CC1. The molecule has 0 saturated carbocycles.